The van der Waals surface area contributed by atoms with Gasteiger partial charge < -0.3 is 14.4 Å². The lowest BCUT2D eigenvalue weighted by atomic mass is 10.1. The number of ether oxygens (including phenoxy) is 2. The minimum Gasteiger partial charge on any atom is -0.472 e. The summed E-state index contributed by atoms with van der Waals surface area (Å²) >= 11 is 5.73. The number of rotatable bonds is 3. The summed E-state index contributed by atoms with van der Waals surface area (Å²) in [4.78, 5) is 13.8. The predicted molar refractivity (Wildman–Crippen MR) is 100 cm³/mol. The molecule has 6 nitrogen and oxygen atoms in total. The first-order valence-corrected chi connectivity index (χ1v) is 9.83. The van der Waals surface area contributed by atoms with E-state index < -0.39 is 5.60 Å². The van der Waals surface area contributed by atoms with E-state index >= 15 is 0 Å². The number of aromatic nitrogens is 2. The minimum atomic E-state index is -0.458. The molecular weight excluding hydrogens is 477 g/mol. The lowest BCUT2D eigenvalue weighted by Crippen LogP contribution is -2.44. The summed E-state index contributed by atoms with van der Waals surface area (Å²) in [6.07, 6.45) is 1.41. The molecule has 8 heteroatoms. The number of nitrogens with zero attached hydrogens (tertiary/aromatic N) is 3. The molecule has 1 aliphatic heterocycles. The molecule has 0 spiro atoms. The van der Waals surface area contributed by atoms with E-state index in [4.69, 9.17) is 9.47 Å². The third kappa shape index (κ3) is 4.98. The standard InChI is InChI=1S/C15H23BrIN3O3/c1-15(2,3)23-14(21)20-7-5-10(6-8-20)22-13-12(17)11(9-16)19(4)18-13/h10H,5-9H2,1-4H3. The van der Waals surface area contributed by atoms with Gasteiger partial charge in [-0.1, -0.05) is 15.9 Å². The van der Waals surface area contributed by atoms with Crippen molar-refractivity contribution in [2.24, 2.45) is 7.05 Å². The van der Waals surface area contributed by atoms with Crippen LogP contribution in [-0.2, 0) is 17.1 Å². The molecule has 1 fully saturated rings. The maximum atomic E-state index is 12.1. The Balaban J connectivity index is 1.89. The molecule has 23 heavy (non-hydrogen) atoms. The molecule has 130 valence electrons. The van der Waals surface area contributed by atoms with Crippen LogP contribution in [0.15, 0.2) is 0 Å². The quantitative estimate of drug-likeness (QED) is 0.470. The molecule has 0 unspecified atom stereocenters. The summed E-state index contributed by atoms with van der Waals surface area (Å²) in [6.45, 7) is 6.93. The number of likely N-dealkylation sites (tertiary alicyclic amines) is 1. The van der Waals surface area contributed by atoms with Crippen molar-refractivity contribution in [1.82, 2.24) is 14.7 Å². The zero-order chi connectivity index (χ0) is 17.2. The number of halogens is 2. The third-order valence-corrected chi connectivity index (χ3v) is 5.19. The number of carbonyl (C=O) groups excluding carboxylic acids is 1. The molecule has 1 aliphatic rings. The van der Waals surface area contributed by atoms with Crippen LogP contribution in [0, 0.1) is 3.57 Å². The number of alkyl halides is 1. The van der Waals surface area contributed by atoms with Gasteiger partial charge in [-0.3, -0.25) is 4.68 Å². The molecule has 0 bridgehead atoms. The van der Waals surface area contributed by atoms with Crippen LogP contribution >= 0.6 is 38.5 Å². The van der Waals surface area contributed by atoms with Gasteiger partial charge in [0, 0.05) is 38.3 Å². The summed E-state index contributed by atoms with van der Waals surface area (Å²) in [5, 5.41) is 5.17. The van der Waals surface area contributed by atoms with Crippen LogP contribution in [0.25, 0.3) is 0 Å². The van der Waals surface area contributed by atoms with Crippen molar-refractivity contribution in [1.29, 1.82) is 0 Å². The smallest absolute Gasteiger partial charge is 0.410 e. The summed E-state index contributed by atoms with van der Waals surface area (Å²) < 4.78 is 14.3. The molecule has 1 aromatic heterocycles. The van der Waals surface area contributed by atoms with Crippen molar-refractivity contribution in [2.45, 2.75) is 50.6 Å². The van der Waals surface area contributed by atoms with Crippen LogP contribution in [0.2, 0.25) is 0 Å². The van der Waals surface area contributed by atoms with E-state index in [9.17, 15) is 4.79 Å². The van der Waals surface area contributed by atoms with Gasteiger partial charge in [-0.25, -0.2) is 4.79 Å². The zero-order valence-electron chi connectivity index (χ0n) is 13.9. The largest absolute Gasteiger partial charge is 0.472 e. The minimum absolute atomic E-state index is 0.0836. The number of carbonyl (C=O) groups is 1. The highest BCUT2D eigenvalue weighted by molar-refractivity contribution is 14.1. The second-order valence-electron chi connectivity index (χ2n) is 6.61. The van der Waals surface area contributed by atoms with Crippen molar-refractivity contribution in [3.8, 4) is 5.88 Å². The highest BCUT2D eigenvalue weighted by Crippen LogP contribution is 2.27. The highest BCUT2D eigenvalue weighted by atomic mass is 127. The van der Waals surface area contributed by atoms with Crippen molar-refractivity contribution < 1.29 is 14.3 Å². The molecule has 0 saturated carbocycles. The summed E-state index contributed by atoms with van der Waals surface area (Å²) in [6, 6.07) is 0. The van der Waals surface area contributed by atoms with E-state index in [2.05, 4.69) is 43.6 Å². The van der Waals surface area contributed by atoms with Gasteiger partial charge in [0.2, 0.25) is 5.88 Å². The molecule has 1 saturated heterocycles. The first-order valence-electron chi connectivity index (χ1n) is 7.63. The lowest BCUT2D eigenvalue weighted by molar-refractivity contribution is 0.0122. The van der Waals surface area contributed by atoms with Crippen LogP contribution < -0.4 is 4.74 Å². The van der Waals surface area contributed by atoms with E-state index in [1.165, 1.54) is 0 Å². The number of amides is 1. The topological polar surface area (TPSA) is 56.6 Å². The molecule has 0 radical (unpaired) electrons. The Morgan fingerprint density at radius 2 is 2.00 bits per heavy atom. The lowest BCUT2D eigenvalue weighted by Gasteiger charge is -2.33. The molecular formula is C15H23BrIN3O3. The van der Waals surface area contributed by atoms with E-state index in [1.54, 1.807) is 4.90 Å². The molecule has 1 aromatic rings. The van der Waals surface area contributed by atoms with Gasteiger partial charge in [-0.15, -0.1) is 5.10 Å². The average molecular weight is 500 g/mol. The maximum Gasteiger partial charge on any atom is 0.410 e. The van der Waals surface area contributed by atoms with Gasteiger partial charge in [-0.2, -0.15) is 0 Å². The van der Waals surface area contributed by atoms with Crippen molar-refractivity contribution in [3.05, 3.63) is 9.26 Å². The van der Waals surface area contributed by atoms with Gasteiger partial charge in [-0.05, 0) is 43.4 Å². The Morgan fingerprint density at radius 3 is 2.48 bits per heavy atom. The van der Waals surface area contributed by atoms with Gasteiger partial charge in [0.15, 0.2) is 0 Å². The normalized spacial score (nSPS) is 16.5. The number of hydrogen-bond donors (Lipinski definition) is 0. The molecule has 1 amide bonds. The van der Waals surface area contributed by atoms with Crippen molar-refractivity contribution in [3.63, 3.8) is 0 Å². The predicted octanol–water partition coefficient (Wildman–Crippen LogP) is 3.70. The first-order chi connectivity index (χ1) is 10.7. The maximum absolute atomic E-state index is 12.1. The molecule has 0 aromatic carbocycles. The van der Waals surface area contributed by atoms with Gasteiger partial charge >= 0.3 is 6.09 Å². The van der Waals surface area contributed by atoms with Crippen molar-refractivity contribution in [2.75, 3.05) is 13.1 Å². The second-order valence-corrected chi connectivity index (χ2v) is 8.25. The van der Waals surface area contributed by atoms with E-state index in [0.29, 0.717) is 19.0 Å². The number of aryl methyl sites for hydroxylation is 1. The second kappa shape index (κ2) is 7.58. The fourth-order valence-corrected chi connectivity index (χ4v) is 4.31. The van der Waals surface area contributed by atoms with E-state index in [1.807, 2.05) is 32.5 Å². The Morgan fingerprint density at radius 1 is 1.39 bits per heavy atom. The zero-order valence-corrected chi connectivity index (χ0v) is 17.7. The molecule has 0 N–H and O–H groups in total. The van der Waals surface area contributed by atoms with E-state index in [0.717, 1.165) is 27.4 Å². The van der Waals surface area contributed by atoms with Gasteiger partial charge in [0.25, 0.3) is 0 Å². The number of hydrogen-bond acceptors (Lipinski definition) is 4. The Hall–Kier alpha value is -0.510. The highest BCUT2D eigenvalue weighted by Gasteiger charge is 2.28. The van der Waals surface area contributed by atoms with E-state index in [-0.39, 0.29) is 12.2 Å². The van der Waals surface area contributed by atoms with Crippen LogP contribution in [0.1, 0.15) is 39.3 Å². The van der Waals surface area contributed by atoms with Gasteiger partial charge in [0.05, 0.1) is 9.26 Å². The Kier molecular flexibility index (Phi) is 6.21. The molecule has 2 heterocycles. The average Bonchev–Trinajstić information content (AvgIpc) is 2.72. The molecule has 0 aliphatic carbocycles. The van der Waals surface area contributed by atoms with Gasteiger partial charge in [0.1, 0.15) is 11.7 Å². The molecule has 0 atom stereocenters. The van der Waals surface area contributed by atoms with Crippen LogP contribution in [0.4, 0.5) is 4.79 Å². The monoisotopic (exact) mass is 499 g/mol. The number of piperidine rings is 1. The Bertz CT molecular complexity index is 563. The van der Waals surface area contributed by atoms with Crippen LogP contribution in [0.5, 0.6) is 5.88 Å². The summed E-state index contributed by atoms with van der Waals surface area (Å²) in [5.41, 5.74) is 0.646. The summed E-state index contributed by atoms with van der Waals surface area (Å²) in [7, 11) is 1.91. The Labute approximate surface area is 159 Å². The first kappa shape index (κ1) is 18.8. The molecule has 2 rings (SSSR count). The van der Waals surface area contributed by atoms with Crippen molar-refractivity contribution >= 4 is 44.6 Å². The van der Waals surface area contributed by atoms with Crippen LogP contribution in [-0.4, -0.2) is 45.6 Å². The summed E-state index contributed by atoms with van der Waals surface area (Å²) in [5.74, 6) is 0.679. The fraction of sp³-hybridized carbons (Fsp3) is 0.733. The van der Waals surface area contributed by atoms with Crippen LogP contribution in [0.3, 0.4) is 0 Å². The fourth-order valence-electron chi connectivity index (χ4n) is 2.37. The SMILES string of the molecule is Cn1nc(OC2CCN(C(=O)OC(C)(C)C)CC2)c(I)c1CBr. The third-order valence-electron chi connectivity index (χ3n) is 3.57.